The summed E-state index contributed by atoms with van der Waals surface area (Å²) in [6.07, 6.45) is 6.15. The molecule has 0 saturated carbocycles. The molecule has 6 rings (SSSR count). The minimum absolute atomic E-state index is 0.134. The van der Waals surface area contributed by atoms with Crippen molar-refractivity contribution in [2.24, 2.45) is 17.8 Å². The van der Waals surface area contributed by atoms with Gasteiger partial charge in [-0.1, -0.05) is 26.7 Å². The van der Waals surface area contributed by atoms with Crippen LogP contribution in [0.1, 0.15) is 52.9 Å². The fourth-order valence-electron chi connectivity index (χ4n) is 7.64. The van der Waals surface area contributed by atoms with E-state index in [1.54, 1.807) is 14.0 Å². The van der Waals surface area contributed by atoms with Gasteiger partial charge in [0.05, 0.1) is 30.2 Å². The lowest BCUT2D eigenvalue weighted by Crippen LogP contribution is -2.61. The van der Waals surface area contributed by atoms with Crippen molar-refractivity contribution in [2.75, 3.05) is 13.7 Å². The molecular formula is C22H29NO5. The van der Waals surface area contributed by atoms with Crippen molar-refractivity contribution in [1.29, 1.82) is 0 Å². The number of piperidine rings is 1. The first-order valence-corrected chi connectivity index (χ1v) is 10.8. The van der Waals surface area contributed by atoms with Gasteiger partial charge in [0, 0.05) is 17.9 Å². The molecule has 6 nitrogen and oxygen atoms in total. The van der Waals surface area contributed by atoms with Gasteiger partial charge in [0.25, 0.3) is 0 Å². The number of rotatable bonds is 4. The number of hydrogen-bond donors (Lipinski definition) is 0. The summed E-state index contributed by atoms with van der Waals surface area (Å²) in [5.74, 6) is 1.64. The Morgan fingerprint density at radius 3 is 2.93 bits per heavy atom. The van der Waals surface area contributed by atoms with Crippen LogP contribution in [0.5, 0.6) is 0 Å². The SMILES string of the molecule is CCCC[C@]12[C@@H]3CCN1[C@@H]1C[C@H]2O[C@]32O/C(=C3\OC(=O)C(C)=C3OC)[C@H](C)[C@@H]12. The Hall–Kier alpha value is -1.53. The van der Waals surface area contributed by atoms with E-state index in [1.807, 2.05) is 0 Å². The normalized spacial score (nSPS) is 52.5. The summed E-state index contributed by atoms with van der Waals surface area (Å²) in [7, 11) is 1.58. The molecule has 1 unspecified atom stereocenters. The molecule has 1 spiro atoms. The first kappa shape index (κ1) is 17.3. The summed E-state index contributed by atoms with van der Waals surface area (Å²) in [5.41, 5.74) is 0.659. The quantitative estimate of drug-likeness (QED) is 0.691. The monoisotopic (exact) mass is 387 g/mol. The van der Waals surface area contributed by atoms with Gasteiger partial charge >= 0.3 is 5.97 Å². The predicted molar refractivity (Wildman–Crippen MR) is 99.6 cm³/mol. The van der Waals surface area contributed by atoms with E-state index in [1.165, 1.54) is 19.3 Å². The minimum atomic E-state index is -0.558. The molecular weight excluding hydrogens is 358 g/mol. The number of carbonyl (C=O) groups is 1. The van der Waals surface area contributed by atoms with Crippen molar-refractivity contribution in [3.05, 3.63) is 22.9 Å². The van der Waals surface area contributed by atoms with Crippen molar-refractivity contribution in [2.45, 2.75) is 76.3 Å². The maximum Gasteiger partial charge on any atom is 0.343 e. The van der Waals surface area contributed by atoms with Gasteiger partial charge in [0.15, 0.2) is 5.76 Å². The van der Waals surface area contributed by atoms with Gasteiger partial charge in [-0.2, -0.15) is 0 Å². The van der Waals surface area contributed by atoms with Crippen LogP contribution in [-0.2, 0) is 23.7 Å². The van der Waals surface area contributed by atoms with Gasteiger partial charge in [0.1, 0.15) is 5.76 Å². The number of unbranched alkanes of at least 4 members (excludes halogenated alkanes) is 1. The maximum absolute atomic E-state index is 12.2. The highest BCUT2D eigenvalue weighted by atomic mass is 16.7. The zero-order valence-corrected chi connectivity index (χ0v) is 17.1. The van der Waals surface area contributed by atoms with Crippen LogP contribution in [0.2, 0.25) is 0 Å². The summed E-state index contributed by atoms with van der Waals surface area (Å²) in [6, 6.07) is 0.496. The molecule has 5 bridgehead atoms. The Morgan fingerprint density at radius 1 is 1.36 bits per heavy atom. The van der Waals surface area contributed by atoms with Crippen LogP contribution in [0, 0.1) is 17.8 Å². The summed E-state index contributed by atoms with van der Waals surface area (Å²) in [5, 5.41) is 0. The average Bonchev–Trinajstić information content (AvgIpc) is 3.38. The lowest BCUT2D eigenvalue weighted by atomic mass is 9.69. The number of ether oxygens (including phenoxy) is 4. The van der Waals surface area contributed by atoms with E-state index in [0.29, 0.717) is 29.1 Å². The molecule has 0 N–H and O–H groups in total. The molecule has 0 radical (unpaired) electrons. The first-order valence-electron chi connectivity index (χ1n) is 10.8. The summed E-state index contributed by atoms with van der Waals surface area (Å²) in [4.78, 5) is 14.9. The molecule has 0 amide bonds. The average molecular weight is 387 g/mol. The van der Waals surface area contributed by atoms with Crippen LogP contribution < -0.4 is 0 Å². The maximum atomic E-state index is 12.2. The Balaban J connectivity index is 1.46. The van der Waals surface area contributed by atoms with E-state index < -0.39 is 5.79 Å². The van der Waals surface area contributed by atoms with E-state index in [4.69, 9.17) is 18.9 Å². The van der Waals surface area contributed by atoms with Gasteiger partial charge in [-0.05, 0) is 32.7 Å². The Kier molecular flexibility index (Phi) is 3.30. The number of cyclic esters (lactones) is 1. The smallest absolute Gasteiger partial charge is 0.343 e. The van der Waals surface area contributed by atoms with Gasteiger partial charge in [-0.3, -0.25) is 4.90 Å². The number of hydrogen-bond acceptors (Lipinski definition) is 6. The molecule has 6 heteroatoms. The van der Waals surface area contributed by atoms with Crippen molar-refractivity contribution < 1.29 is 23.7 Å². The highest BCUT2D eigenvalue weighted by Crippen LogP contribution is 2.73. The van der Waals surface area contributed by atoms with Crippen LogP contribution in [0.15, 0.2) is 22.9 Å². The van der Waals surface area contributed by atoms with Crippen LogP contribution in [0.25, 0.3) is 0 Å². The van der Waals surface area contributed by atoms with Gasteiger partial charge in [0.2, 0.25) is 11.5 Å². The molecule has 5 fully saturated rings. The Bertz CT molecular complexity index is 833. The standard InChI is InChI=1S/C22H29NO5/c1-5-6-8-21-14-7-9-23(21)13-10-15(21)27-22(14)16(13)11(2)18(28-22)19-17(25-4)12(3)20(24)26-19/h11,13-16H,5-10H2,1-4H3/b19-18-/t11-,13-,14+,15-,16+,21-,22+/m1/s1. The van der Waals surface area contributed by atoms with Crippen molar-refractivity contribution in [3.63, 3.8) is 0 Å². The molecule has 0 aliphatic carbocycles. The lowest BCUT2D eigenvalue weighted by Gasteiger charge is -2.48. The van der Waals surface area contributed by atoms with Crippen LogP contribution in [0.3, 0.4) is 0 Å². The molecule has 0 aromatic carbocycles. The number of nitrogens with zero attached hydrogens (tertiary/aromatic N) is 1. The fourth-order valence-corrected chi connectivity index (χ4v) is 7.64. The third kappa shape index (κ3) is 1.65. The van der Waals surface area contributed by atoms with E-state index in [2.05, 4.69) is 18.7 Å². The van der Waals surface area contributed by atoms with Gasteiger partial charge in [-0.25, -0.2) is 4.79 Å². The highest BCUT2D eigenvalue weighted by Gasteiger charge is 2.84. The summed E-state index contributed by atoms with van der Waals surface area (Å²) < 4.78 is 24.7. The van der Waals surface area contributed by atoms with Crippen molar-refractivity contribution in [3.8, 4) is 0 Å². The number of fused-ring (bicyclic) bond motifs is 1. The largest absolute Gasteiger partial charge is 0.492 e. The highest BCUT2D eigenvalue weighted by molar-refractivity contribution is 5.93. The molecule has 0 aromatic heterocycles. The van der Waals surface area contributed by atoms with Crippen LogP contribution >= 0.6 is 0 Å². The van der Waals surface area contributed by atoms with Crippen molar-refractivity contribution in [1.82, 2.24) is 4.90 Å². The van der Waals surface area contributed by atoms with E-state index in [9.17, 15) is 4.79 Å². The molecule has 5 saturated heterocycles. The van der Waals surface area contributed by atoms with E-state index in [0.717, 1.165) is 25.1 Å². The number of carbonyl (C=O) groups excluding carboxylic acids is 1. The third-order valence-corrected chi connectivity index (χ3v) is 8.53. The molecule has 152 valence electrons. The molecule has 28 heavy (non-hydrogen) atoms. The second kappa shape index (κ2) is 5.33. The summed E-state index contributed by atoms with van der Waals surface area (Å²) in [6.45, 7) is 7.37. The van der Waals surface area contributed by atoms with E-state index in [-0.39, 0.29) is 29.4 Å². The topological polar surface area (TPSA) is 57.2 Å². The first-order chi connectivity index (χ1) is 13.5. The van der Waals surface area contributed by atoms with Crippen LogP contribution in [-0.4, -0.2) is 48.0 Å². The third-order valence-electron chi connectivity index (χ3n) is 8.53. The second-order valence-corrected chi connectivity index (χ2v) is 9.42. The zero-order chi connectivity index (χ0) is 19.4. The Morgan fingerprint density at radius 2 is 2.18 bits per heavy atom. The molecule has 0 aromatic rings. The Labute approximate surface area is 165 Å². The van der Waals surface area contributed by atoms with Gasteiger partial charge < -0.3 is 18.9 Å². The number of esters is 1. The predicted octanol–water partition coefficient (Wildman–Crippen LogP) is 3.09. The molecule has 6 aliphatic heterocycles. The van der Waals surface area contributed by atoms with E-state index >= 15 is 0 Å². The number of methoxy groups -OCH3 is 1. The van der Waals surface area contributed by atoms with Crippen LogP contribution in [0.4, 0.5) is 0 Å². The molecule has 8 atom stereocenters. The van der Waals surface area contributed by atoms with Crippen molar-refractivity contribution >= 4 is 5.97 Å². The minimum Gasteiger partial charge on any atom is -0.492 e. The fraction of sp³-hybridized carbons (Fsp3) is 0.773. The molecule has 6 heterocycles. The zero-order valence-electron chi connectivity index (χ0n) is 17.1. The molecule has 6 aliphatic rings. The number of allylic oxidation sites excluding steroid dienone is 1. The lowest BCUT2D eigenvalue weighted by molar-refractivity contribution is -0.256. The second-order valence-electron chi connectivity index (χ2n) is 9.42. The van der Waals surface area contributed by atoms with Gasteiger partial charge in [-0.15, -0.1) is 0 Å². The summed E-state index contributed by atoms with van der Waals surface area (Å²) >= 11 is 0.